The fourth-order valence-corrected chi connectivity index (χ4v) is 1.62. The van der Waals surface area contributed by atoms with E-state index >= 15 is 0 Å². The van der Waals surface area contributed by atoms with Crippen LogP contribution in [0.25, 0.3) is 0 Å². The van der Waals surface area contributed by atoms with Crippen molar-refractivity contribution in [3.8, 4) is 0 Å². The van der Waals surface area contributed by atoms with E-state index in [0.717, 1.165) is 0 Å². The largest absolute Gasteiger partial charge is 0.387 e. The summed E-state index contributed by atoms with van der Waals surface area (Å²) in [6, 6.07) is 0. The van der Waals surface area contributed by atoms with E-state index in [1.165, 1.54) is 7.11 Å². The molecule has 3 aliphatic heterocycles. The van der Waals surface area contributed by atoms with Crippen molar-refractivity contribution < 1.29 is 24.4 Å². The summed E-state index contributed by atoms with van der Waals surface area (Å²) < 4.78 is 15.4. The second-order valence-electron chi connectivity index (χ2n) is 3.06. The van der Waals surface area contributed by atoms with Crippen molar-refractivity contribution in [2.24, 2.45) is 0 Å². The minimum atomic E-state index is -0.901. The van der Waals surface area contributed by atoms with Crippen molar-refractivity contribution in [2.75, 3.05) is 13.7 Å². The number of methoxy groups -OCH3 is 1. The highest BCUT2D eigenvalue weighted by molar-refractivity contribution is 4.94. The van der Waals surface area contributed by atoms with Gasteiger partial charge in [0.15, 0.2) is 6.29 Å². The average Bonchev–Trinajstić information content (AvgIpc) is 2.12. The molecule has 2 N–H and O–H groups in total. The summed E-state index contributed by atoms with van der Waals surface area (Å²) in [7, 11) is 1.48. The molecule has 0 radical (unpaired) electrons. The number of hydrogen-bond acceptors (Lipinski definition) is 5. The average molecular weight is 176 g/mol. The van der Waals surface area contributed by atoms with Crippen LogP contribution in [0.3, 0.4) is 0 Å². The zero-order valence-electron chi connectivity index (χ0n) is 6.71. The zero-order chi connectivity index (χ0) is 8.72. The van der Waals surface area contributed by atoms with E-state index in [9.17, 15) is 10.2 Å². The highest BCUT2D eigenvalue weighted by Gasteiger charge is 2.50. The predicted octanol–water partition coefficient (Wildman–Crippen LogP) is -1.52. The van der Waals surface area contributed by atoms with Gasteiger partial charge in [-0.15, -0.1) is 0 Å². The minimum absolute atomic E-state index is 0.322. The van der Waals surface area contributed by atoms with Crippen LogP contribution >= 0.6 is 0 Å². The lowest BCUT2D eigenvalue weighted by Crippen LogP contribution is -2.65. The summed E-state index contributed by atoms with van der Waals surface area (Å²) in [5.74, 6) is 0. The topological polar surface area (TPSA) is 68.2 Å². The third-order valence-electron chi connectivity index (χ3n) is 2.33. The predicted molar refractivity (Wildman–Crippen MR) is 37.4 cm³/mol. The maximum absolute atomic E-state index is 9.43. The van der Waals surface area contributed by atoms with Crippen molar-refractivity contribution in [2.45, 2.75) is 30.7 Å². The quantitative estimate of drug-likeness (QED) is 0.507. The molecular formula is C7H12O5. The maximum Gasteiger partial charge on any atom is 0.186 e. The van der Waals surface area contributed by atoms with Crippen LogP contribution in [0.5, 0.6) is 0 Å². The molecule has 0 aromatic heterocycles. The summed E-state index contributed by atoms with van der Waals surface area (Å²) in [5, 5.41) is 18.8. The van der Waals surface area contributed by atoms with Crippen LogP contribution in [0.1, 0.15) is 0 Å². The van der Waals surface area contributed by atoms with Crippen LogP contribution < -0.4 is 0 Å². The van der Waals surface area contributed by atoms with Crippen LogP contribution in [-0.2, 0) is 14.2 Å². The molecule has 3 aliphatic rings. The first-order valence-corrected chi connectivity index (χ1v) is 3.90. The first-order chi connectivity index (χ1) is 5.74. The molecule has 0 aliphatic carbocycles. The molecule has 5 atom stereocenters. The molecule has 3 saturated heterocycles. The van der Waals surface area contributed by atoms with Gasteiger partial charge in [-0.2, -0.15) is 0 Å². The third-order valence-corrected chi connectivity index (χ3v) is 2.33. The zero-order valence-corrected chi connectivity index (χ0v) is 6.71. The highest BCUT2D eigenvalue weighted by Crippen LogP contribution is 2.29. The number of aliphatic hydroxyl groups is 2. The molecule has 0 saturated carbocycles. The Hall–Kier alpha value is -0.200. The number of fused-ring (bicyclic) bond motifs is 3. The fraction of sp³-hybridized carbons (Fsp3) is 1.00. The summed E-state index contributed by atoms with van der Waals surface area (Å²) >= 11 is 0. The summed E-state index contributed by atoms with van der Waals surface area (Å²) in [6.07, 6.45) is -3.33. The molecule has 3 fully saturated rings. The van der Waals surface area contributed by atoms with E-state index in [4.69, 9.17) is 14.2 Å². The molecule has 5 heteroatoms. The van der Waals surface area contributed by atoms with Crippen molar-refractivity contribution in [1.82, 2.24) is 0 Å². The fourth-order valence-electron chi connectivity index (χ4n) is 1.62. The van der Waals surface area contributed by atoms with Crippen LogP contribution in [0.15, 0.2) is 0 Å². The Labute approximate surface area is 69.8 Å². The third kappa shape index (κ3) is 1.06. The lowest BCUT2D eigenvalue weighted by molar-refractivity contribution is -0.349. The van der Waals surface area contributed by atoms with Gasteiger partial charge < -0.3 is 24.4 Å². The number of hydrogen-bond donors (Lipinski definition) is 2. The smallest absolute Gasteiger partial charge is 0.186 e. The molecule has 5 nitrogen and oxygen atoms in total. The monoisotopic (exact) mass is 176 g/mol. The van der Waals surface area contributed by atoms with Crippen molar-refractivity contribution in [1.29, 1.82) is 0 Å². The van der Waals surface area contributed by atoms with Gasteiger partial charge in [0.1, 0.15) is 24.4 Å². The van der Waals surface area contributed by atoms with Crippen LogP contribution in [0.2, 0.25) is 0 Å². The number of ether oxygens (including phenoxy) is 3. The lowest BCUT2D eigenvalue weighted by atomic mass is 9.96. The molecule has 0 aromatic rings. The van der Waals surface area contributed by atoms with Gasteiger partial charge in [0.05, 0.1) is 6.61 Å². The van der Waals surface area contributed by atoms with E-state index in [1.807, 2.05) is 0 Å². The van der Waals surface area contributed by atoms with E-state index in [2.05, 4.69) is 0 Å². The number of aliphatic hydroxyl groups excluding tert-OH is 2. The Morgan fingerprint density at radius 2 is 2.08 bits per heavy atom. The Bertz CT molecular complexity index is 169. The Balaban J connectivity index is 2.12. The van der Waals surface area contributed by atoms with Gasteiger partial charge in [0.25, 0.3) is 0 Å². The Morgan fingerprint density at radius 3 is 2.67 bits per heavy atom. The second kappa shape index (κ2) is 2.93. The van der Waals surface area contributed by atoms with Gasteiger partial charge >= 0.3 is 0 Å². The molecule has 0 spiro atoms. The van der Waals surface area contributed by atoms with Gasteiger partial charge in [-0.05, 0) is 0 Å². The van der Waals surface area contributed by atoms with Gasteiger partial charge in [-0.25, -0.2) is 0 Å². The SMILES string of the molecule is COC1OC2COC1C(O)C2O. The number of rotatable bonds is 1. The van der Waals surface area contributed by atoms with Crippen molar-refractivity contribution in [3.63, 3.8) is 0 Å². The molecule has 0 amide bonds. The molecule has 70 valence electrons. The first kappa shape index (κ1) is 8.40. The van der Waals surface area contributed by atoms with Crippen molar-refractivity contribution >= 4 is 0 Å². The highest BCUT2D eigenvalue weighted by atomic mass is 16.7. The molecule has 5 unspecified atom stereocenters. The van der Waals surface area contributed by atoms with E-state index < -0.39 is 30.7 Å². The second-order valence-corrected chi connectivity index (χ2v) is 3.06. The van der Waals surface area contributed by atoms with Gasteiger partial charge in [-0.3, -0.25) is 0 Å². The molecule has 3 heterocycles. The Morgan fingerprint density at radius 1 is 1.33 bits per heavy atom. The van der Waals surface area contributed by atoms with Crippen molar-refractivity contribution in [3.05, 3.63) is 0 Å². The van der Waals surface area contributed by atoms with E-state index in [-0.39, 0.29) is 0 Å². The van der Waals surface area contributed by atoms with Gasteiger partial charge in [-0.1, -0.05) is 0 Å². The van der Waals surface area contributed by atoms with Gasteiger partial charge in [0.2, 0.25) is 0 Å². The minimum Gasteiger partial charge on any atom is -0.387 e. The van der Waals surface area contributed by atoms with Crippen LogP contribution in [0, 0.1) is 0 Å². The first-order valence-electron chi connectivity index (χ1n) is 3.90. The standard InChI is InChI=1S/C7H12O5/c1-10-7-6-5(9)4(8)3(12-7)2-11-6/h3-9H,2H2,1H3. The van der Waals surface area contributed by atoms with Crippen LogP contribution in [-0.4, -0.2) is 54.6 Å². The molecule has 0 aromatic carbocycles. The summed E-state index contributed by atoms with van der Waals surface area (Å²) in [4.78, 5) is 0. The molecule has 12 heavy (non-hydrogen) atoms. The normalized spacial score (nSPS) is 52.8. The maximum atomic E-state index is 9.43. The summed E-state index contributed by atoms with van der Waals surface area (Å²) in [5.41, 5.74) is 0. The van der Waals surface area contributed by atoms with E-state index in [1.54, 1.807) is 0 Å². The molecular weight excluding hydrogens is 164 g/mol. The van der Waals surface area contributed by atoms with Crippen LogP contribution in [0.4, 0.5) is 0 Å². The van der Waals surface area contributed by atoms with E-state index in [0.29, 0.717) is 6.61 Å². The summed E-state index contributed by atoms with van der Waals surface area (Å²) in [6.45, 7) is 0.322. The molecule has 3 rings (SSSR count). The lowest BCUT2D eigenvalue weighted by Gasteiger charge is -2.46. The Kier molecular flexibility index (Phi) is 2.05. The van der Waals surface area contributed by atoms with Gasteiger partial charge in [0, 0.05) is 7.11 Å². The molecule has 2 bridgehead atoms.